The maximum absolute atomic E-state index is 13.0. The number of hydrogen-bond donors (Lipinski definition) is 2. The number of terminal acetylenes is 1. The van der Waals surface area contributed by atoms with E-state index in [-0.39, 0.29) is 43.8 Å². The second-order valence-electron chi connectivity index (χ2n) is 10.6. The third kappa shape index (κ3) is 4.67. The zero-order valence-corrected chi connectivity index (χ0v) is 21.5. The lowest BCUT2D eigenvalue weighted by molar-refractivity contribution is -0.148. The number of carbonyl (C=O) groups excluding carboxylic acids is 2. The second kappa shape index (κ2) is 10.4. The molecule has 2 saturated heterocycles. The minimum atomic E-state index is -1.12. The predicted octanol–water partition coefficient (Wildman–Crippen LogP) is 1.36. The van der Waals surface area contributed by atoms with Gasteiger partial charge in [0.1, 0.15) is 35.6 Å². The molecule has 2 heterocycles. The Morgan fingerprint density at radius 1 is 0.897 bits per heavy atom. The SMILES string of the molecule is C#COC1CCC2(C(=O)N2CCN2C(=O)C23CCC(OCCOc2ccccc2)CC3C(=O)O)C(C(=O)O)C1. The highest BCUT2D eigenvalue weighted by atomic mass is 16.5. The Morgan fingerprint density at radius 3 is 1.97 bits per heavy atom. The van der Waals surface area contributed by atoms with Gasteiger partial charge in [-0.3, -0.25) is 19.2 Å². The van der Waals surface area contributed by atoms with Crippen molar-refractivity contribution in [1.82, 2.24) is 9.80 Å². The van der Waals surface area contributed by atoms with E-state index in [0.717, 1.165) is 5.75 Å². The largest absolute Gasteiger partial charge is 0.491 e. The monoisotopic (exact) mass is 540 g/mol. The smallest absolute Gasteiger partial charge is 0.309 e. The minimum absolute atomic E-state index is 0.132. The molecule has 2 saturated carbocycles. The molecule has 0 bridgehead atoms. The fourth-order valence-electron chi connectivity index (χ4n) is 6.72. The number of carbonyl (C=O) groups is 4. The van der Waals surface area contributed by atoms with E-state index in [0.29, 0.717) is 38.9 Å². The highest BCUT2D eigenvalue weighted by Gasteiger charge is 2.72. The molecule has 4 fully saturated rings. The first kappa shape index (κ1) is 26.8. The zero-order valence-electron chi connectivity index (χ0n) is 21.5. The third-order valence-electron chi connectivity index (χ3n) is 8.77. The number of para-hydroxylation sites is 1. The van der Waals surface area contributed by atoms with Crippen LogP contribution in [0.2, 0.25) is 0 Å². The van der Waals surface area contributed by atoms with Crippen molar-refractivity contribution in [2.24, 2.45) is 11.8 Å². The van der Waals surface area contributed by atoms with E-state index >= 15 is 0 Å². The Kier molecular flexibility index (Phi) is 7.16. The van der Waals surface area contributed by atoms with Crippen LogP contribution in [0.15, 0.2) is 30.3 Å². The lowest BCUT2D eigenvalue weighted by Crippen LogP contribution is -2.45. The van der Waals surface area contributed by atoms with E-state index in [9.17, 15) is 29.4 Å². The molecule has 39 heavy (non-hydrogen) atoms. The summed E-state index contributed by atoms with van der Waals surface area (Å²) in [5, 5.41) is 19.8. The van der Waals surface area contributed by atoms with Gasteiger partial charge >= 0.3 is 11.9 Å². The molecule has 2 aliphatic heterocycles. The summed E-state index contributed by atoms with van der Waals surface area (Å²) < 4.78 is 16.7. The molecular formula is C28H32N2O9. The van der Waals surface area contributed by atoms with Crippen LogP contribution in [-0.2, 0) is 28.7 Å². The number of carboxylic acid groups (broad SMARTS) is 2. The second-order valence-corrected chi connectivity index (χ2v) is 10.6. The van der Waals surface area contributed by atoms with Gasteiger partial charge in [-0.25, -0.2) is 0 Å². The van der Waals surface area contributed by atoms with Crippen molar-refractivity contribution in [3.63, 3.8) is 0 Å². The molecule has 6 unspecified atom stereocenters. The van der Waals surface area contributed by atoms with Crippen molar-refractivity contribution in [3.8, 4) is 18.3 Å². The van der Waals surface area contributed by atoms with Crippen LogP contribution in [0.4, 0.5) is 0 Å². The molecule has 6 atom stereocenters. The van der Waals surface area contributed by atoms with Gasteiger partial charge in [0.15, 0.2) is 0 Å². The Balaban J connectivity index is 1.15. The first-order valence-electron chi connectivity index (χ1n) is 13.3. The molecule has 5 rings (SSSR count). The van der Waals surface area contributed by atoms with E-state index in [4.69, 9.17) is 20.6 Å². The average Bonchev–Trinajstić information content (AvgIpc) is 3.70. The number of hydrogen-bond acceptors (Lipinski definition) is 7. The summed E-state index contributed by atoms with van der Waals surface area (Å²) in [6, 6.07) is 9.31. The van der Waals surface area contributed by atoms with E-state index < -0.39 is 41.0 Å². The Hall–Kier alpha value is -3.78. The topological polar surface area (TPSA) is 142 Å². The maximum Gasteiger partial charge on any atom is 0.309 e. The summed E-state index contributed by atoms with van der Waals surface area (Å²) in [6.45, 7) is 0.934. The van der Waals surface area contributed by atoms with Gasteiger partial charge in [-0.05, 0) is 44.2 Å². The van der Waals surface area contributed by atoms with Crippen LogP contribution in [0.1, 0.15) is 38.5 Å². The number of benzene rings is 1. The summed E-state index contributed by atoms with van der Waals surface area (Å²) in [5.74, 6) is -3.82. The highest BCUT2D eigenvalue weighted by Crippen LogP contribution is 2.53. The Bertz CT molecular complexity index is 1180. The minimum Gasteiger partial charge on any atom is -0.491 e. The summed E-state index contributed by atoms with van der Waals surface area (Å²) >= 11 is 0. The number of ether oxygens (including phenoxy) is 3. The summed E-state index contributed by atoms with van der Waals surface area (Å²) in [6.07, 6.45) is 8.52. The fraction of sp³-hybridized carbons (Fsp3) is 0.571. The first-order chi connectivity index (χ1) is 18.8. The molecule has 11 heteroatoms. The lowest BCUT2D eigenvalue weighted by atomic mass is 9.76. The van der Waals surface area contributed by atoms with Crippen molar-refractivity contribution < 1.29 is 43.6 Å². The molecule has 1 aromatic carbocycles. The molecule has 208 valence electrons. The molecule has 0 radical (unpaired) electrons. The summed E-state index contributed by atoms with van der Waals surface area (Å²) in [5.41, 5.74) is -2.23. The van der Waals surface area contributed by atoms with Gasteiger partial charge in [0, 0.05) is 19.5 Å². The number of carboxylic acids is 2. The van der Waals surface area contributed by atoms with Crippen molar-refractivity contribution in [2.75, 3.05) is 26.3 Å². The zero-order chi connectivity index (χ0) is 27.8. The molecule has 2 spiro atoms. The molecule has 1 aromatic rings. The van der Waals surface area contributed by atoms with Crippen LogP contribution in [-0.4, -0.2) is 93.4 Å². The van der Waals surface area contributed by atoms with Crippen molar-refractivity contribution in [1.29, 1.82) is 0 Å². The van der Waals surface area contributed by atoms with Gasteiger partial charge < -0.3 is 34.2 Å². The van der Waals surface area contributed by atoms with Gasteiger partial charge in [-0.1, -0.05) is 24.6 Å². The van der Waals surface area contributed by atoms with E-state index in [1.54, 1.807) is 0 Å². The fourth-order valence-corrected chi connectivity index (χ4v) is 6.72. The normalized spacial score (nSPS) is 33.1. The van der Waals surface area contributed by atoms with Crippen LogP contribution in [0.5, 0.6) is 5.75 Å². The number of nitrogens with zero attached hydrogens (tertiary/aromatic N) is 2. The molecule has 2 N–H and O–H groups in total. The van der Waals surface area contributed by atoms with Gasteiger partial charge in [0.25, 0.3) is 0 Å². The number of rotatable bonds is 11. The first-order valence-corrected chi connectivity index (χ1v) is 13.3. The molecule has 4 aliphatic rings. The maximum atomic E-state index is 13.0. The Labute approximate surface area is 226 Å². The highest BCUT2D eigenvalue weighted by molar-refractivity contribution is 6.07. The summed E-state index contributed by atoms with van der Waals surface area (Å²) in [7, 11) is 0. The quantitative estimate of drug-likeness (QED) is 0.242. The van der Waals surface area contributed by atoms with Crippen LogP contribution in [0.25, 0.3) is 0 Å². The van der Waals surface area contributed by atoms with Gasteiger partial charge in [0.2, 0.25) is 11.8 Å². The van der Waals surface area contributed by atoms with Crippen molar-refractivity contribution >= 4 is 23.8 Å². The summed E-state index contributed by atoms with van der Waals surface area (Å²) in [4.78, 5) is 53.0. The van der Waals surface area contributed by atoms with Crippen LogP contribution in [0.3, 0.4) is 0 Å². The van der Waals surface area contributed by atoms with Crippen molar-refractivity contribution in [2.45, 2.75) is 61.8 Å². The Morgan fingerprint density at radius 2 is 1.44 bits per heavy atom. The van der Waals surface area contributed by atoms with Gasteiger partial charge in [0.05, 0.1) is 24.5 Å². The van der Waals surface area contributed by atoms with Crippen LogP contribution < -0.4 is 4.74 Å². The van der Waals surface area contributed by atoms with Gasteiger partial charge in [-0.2, -0.15) is 0 Å². The molecule has 2 amide bonds. The van der Waals surface area contributed by atoms with E-state index in [1.807, 2.05) is 30.3 Å². The van der Waals surface area contributed by atoms with E-state index in [2.05, 4.69) is 6.11 Å². The molecule has 11 nitrogen and oxygen atoms in total. The molecule has 2 aliphatic carbocycles. The average molecular weight is 541 g/mol. The molecular weight excluding hydrogens is 508 g/mol. The van der Waals surface area contributed by atoms with Crippen LogP contribution >= 0.6 is 0 Å². The standard InChI is InChI=1S/C28H32N2O9/c1-2-37-19-8-10-27(21(16-19)23(31)32)25(35)29(27)12-13-30-26(36)28(30)11-9-20(17-22(28)24(33)34)39-15-14-38-18-6-4-3-5-7-18/h1,3-7,19-22H,8-17H2,(H,31,32)(H,33,34). The number of amides is 2. The lowest BCUT2D eigenvalue weighted by Gasteiger charge is -2.33. The predicted molar refractivity (Wildman–Crippen MR) is 134 cm³/mol. The number of aliphatic carboxylic acids is 2. The van der Waals surface area contributed by atoms with Gasteiger partial charge in [-0.15, -0.1) is 0 Å². The molecule has 0 aromatic heterocycles. The third-order valence-corrected chi connectivity index (χ3v) is 8.77. The van der Waals surface area contributed by atoms with Crippen LogP contribution in [0, 0.1) is 24.4 Å². The van der Waals surface area contributed by atoms with E-state index in [1.165, 1.54) is 9.80 Å². The van der Waals surface area contributed by atoms with Crippen molar-refractivity contribution in [3.05, 3.63) is 30.3 Å².